The topological polar surface area (TPSA) is 77.8 Å². The van der Waals surface area contributed by atoms with Gasteiger partial charge in [0.05, 0.1) is 17.0 Å². The minimum Gasteiger partial charge on any atom is -0.464 e. The van der Waals surface area contributed by atoms with Crippen molar-refractivity contribution in [1.29, 1.82) is 0 Å². The lowest BCUT2D eigenvalue weighted by molar-refractivity contribution is -0.185. The molecule has 3 aromatic rings. The van der Waals surface area contributed by atoms with Crippen LogP contribution >= 0.6 is 11.3 Å². The minimum absolute atomic E-state index is 0.175. The fraction of sp³-hybridized carbons (Fsp3) is 0.364. The van der Waals surface area contributed by atoms with Crippen LogP contribution in [0.5, 0.6) is 0 Å². The number of benzene rings is 1. The molecule has 0 aliphatic rings. The molecule has 3 rings (SSSR count). The van der Waals surface area contributed by atoms with Crippen molar-refractivity contribution in [3.05, 3.63) is 46.5 Å². The van der Waals surface area contributed by atoms with E-state index < -0.39 is 40.4 Å². The predicted molar refractivity (Wildman–Crippen MR) is 113 cm³/mol. The highest BCUT2D eigenvalue weighted by Crippen LogP contribution is 2.40. The van der Waals surface area contributed by atoms with E-state index in [9.17, 15) is 27.9 Å². The van der Waals surface area contributed by atoms with E-state index in [0.29, 0.717) is 27.8 Å². The van der Waals surface area contributed by atoms with Gasteiger partial charge in [-0.05, 0) is 62.9 Å². The highest BCUT2D eigenvalue weighted by Gasteiger charge is 2.46. The third-order valence-corrected chi connectivity index (χ3v) is 5.47. The Labute approximate surface area is 186 Å². The fourth-order valence-corrected chi connectivity index (χ4v) is 3.96. The number of hydrogen-bond donors (Lipinski definition) is 1. The molecule has 0 saturated heterocycles. The zero-order valence-electron chi connectivity index (χ0n) is 17.8. The molecule has 0 saturated carbocycles. The number of carbonyl (C=O) groups excluding carboxylic acids is 2. The van der Waals surface area contributed by atoms with Crippen LogP contribution in [-0.4, -0.2) is 40.1 Å². The van der Waals surface area contributed by atoms with Gasteiger partial charge < -0.3 is 14.6 Å². The summed E-state index contributed by atoms with van der Waals surface area (Å²) >= 11 is 0.682. The van der Waals surface area contributed by atoms with Crippen molar-refractivity contribution in [2.75, 3.05) is 6.61 Å². The zero-order valence-corrected chi connectivity index (χ0v) is 18.6. The first-order valence-electron chi connectivity index (χ1n) is 9.70. The van der Waals surface area contributed by atoms with Crippen molar-refractivity contribution in [3.8, 4) is 11.1 Å². The lowest BCUT2D eigenvalue weighted by Gasteiger charge is -2.20. The van der Waals surface area contributed by atoms with Crippen molar-refractivity contribution < 1.29 is 37.3 Å². The molecule has 2 heterocycles. The van der Waals surface area contributed by atoms with Crippen LogP contribution in [0.4, 0.5) is 18.0 Å². The number of fused-ring (bicyclic) bond motifs is 1. The van der Waals surface area contributed by atoms with Crippen LogP contribution in [0.25, 0.3) is 22.0 Å². The Bertz CT molecular complexity index is 1160. The van der Waals surface area contributed by atoms with E-state index in [1.54, 1.807) is 20.8 Å². The number of esters is 1. The molecule has 0 aliphatic carbocycles. The van der Waals surface area contributed by atoms with Crippen molar-refractivity contribution in [2.24, 2.45) is 0 Å². The first kappa shape index (κ1) is 23.8. The third-order valence-electron chi connectivity index (χ3n) is 4.44. The largest absolute Gasteiger partial charge is 0.464 e. The molecular weight excluding hydrogens is 447 g/mol. The number of aliphatic hydroxyl groups is 1. The van der Waals surface area contributed by atoms with Crippen LogP contribution < -0.4 is 0 Å². The van der Waals surface area contributed by atoms with Gasteiger partial charge in [0.2, 0.25) is 0 Å². The van der Waals surface area contributed by atoms with E-state index >= 15 is 0 Å². The summed E-state index contributed by atoms with van der Waals surface area (Å²) in [5.41, 5.74) is 0.143. The van der Waals surface area contributed by atoms with Gasteiger partial charge in [-0.25, -0.2) is 22.8 Å². The number of nitrogens with zero attached hydrogens (tertiary/aromatic N) is 1. The van der Waals surface area contributed by atoms with Crippen LogP contribution in [-0.2, 0) is 20.1 Å². The van der Waals surface area contributed by atoms with Crippen LogP contribution in [0.15, 0.2) is 35.8 Å². The molecule has 6 nitrogen and oxygen atoms in total. The number of rotatable bonds is 5. The Hall–Kier alpha value is -2.85. The number of carbonyl (C=O) groups is 2. The molecule has 0 spiro atoms. The second kappa shape index (κ2) is 8.59. The van der Waals surface area contributed by atoms with E-state index in [0.717, 1.165) is 16.7 Å². The molecule has 0 fully saturated rings. The van der Waals surface area contributed by atoms with E-state index in [2.05, 4.69) is 4.74 Å². The van der Waals surface area contributed by atoms with Gasteiger partial charge in [0.1, 0.15) is 11.4 Å². The third kappa shape index (κ3) is 4.66. The molecule has 0 aliphatic heterocycles. The second-order valence-electron chi connectivity index (χ2n) is 8.04. The fourth-order valence-electron chi connectivity index (χ4n) is 3.05. The van der Waals surface area contributed by atoms with Gasteiger partial charge in [0.15, 0.2) is 0 Å². The number of alkyl halides is 2. The first-order valence-corrected chi connectivity index (χ1v) is 10.6. The van der Waals surface area contributed by atoms with Gasteiger partial charge in [0, 0.05) is 17.1 Å². The lowest BCUT2D eigenvalue weighted by Crippen LogP contribution is -2.38. The minimum atomic E-state index is -3.61. The molecule has 1 N–H and O–H groups in total. The SMILES string of the molecule is CCOC(=O)C(F)C(O)(F)c1cc(-c2cn(C(=O)OC(C)(C)C)c3cc(F)ccc23)cs1. The van der Waals surface area contributed by atoms with Crippen LogP contribution in [0.3, 0.4) is 0 Å². The van der Waals surface area contributed by atoms with Gasteiger partial charge >= 0.3 is 12.1 Å². The van der Waals surface area contributed by atoms with Crippen LogP contribution in [0, 0.1) is 5.82 Å². The smallest absolute Gasteiger partial charge is 0.419 e. The second-order valence-corrected chi connectivity index (χ2v) is 8.95. The van der Waals surface area contributed by atoms with Gasteiger partial charge in [-0.3, -0.25) is 4.57 Å². The Morgan fingerprint density at radius 1 is 1.25 bits per heavy atom. The van der Waals surface area contributed by atoms with Gasteiger partial charge in [-0.2, -0.15) is 0 Å². The van der Waals surface area contributed by atoms with Crippen molar-refractivity contribution >= 4 is 34.3 Å². The Morgan fingerprint density at radius 3 is 2.56 bits per heavy atom. The average molecular weight is 469 g/mol. The molecule has 1 aromatic carbocycles. The van der Waals surface area contributed by atoms with E-state index in [1.807, 2.05) is 0 Å². The maximum atomic E-state index is 14.8. The first-order chi connectivity index (χ1) is 14.8. The van der Waals surface area contributed by atoms with E-state index in [1.165, 1.54) is 30.6 Å². The number of thiophene rings is 1. The van der Waals surface area contributed by atoms with Crippen molar-refractivity contribution in [2.45, 2.75) is 45.3 Å². The molecular formula is C22H22F3NO5S. The van der Waals surface area contributed by atoms with Gasteiger partial charge in [-0.15, -0.1) is 11.3 Å². The van der Waals surface area contributed by atoms with Crippen LogP contribution in [0.2, 0.25) is 0 Å². The summed E-state index contributed by atoms with van der Waals surface area (Å²) < 4.78 is 53.8. The molecule has 2 atom stereocenters. The summed E-state index contributed by atoms with van der Waals surface area (Å²) in [7, 11) is 0. The molecule has 0 amide bonds. The summed E-state index contributed by atoms with van der Waals surface area (Å²) in [6.07, 6.45) is -2.30. The highest BCUT2D eigenvalue weighted by molar-refractivity contribution is 7.10. The maximum absolute atomic E-state index is 14.8. The normalized spacial score (nSPS) is 14.8. The number of ether oxygens (including phenoxy) is 2. The molecule has 32 heavy (non-hydrogen) atoms. The average Bonchev–Trinajstić information content (AvgIpc) is 3.31. The Balaban J connectivity index is 2.05. The molecule has 2 aromatic heterocycles. The molecule has 172 valence electrons. The number of halogens is 3. The predicted octanol–water partition coefficient (Wildman–Crippen LogP) is 5.31. The molecule has 2 unspecified atom stereocenters. The molecule has 10 heteroatoms. The van der Waals surface area contributed by atoms with E-state index in [-0.39, 0.29) is 12.1 Å². The highest BCUT2D eigenvalue weighted by atomic mass is 32.1. The Kier molecular flexibility index (Phi) is 6.39. The van der Waals surface area contributed by atoms with E-state index in [4.69, 9.17) is 4.74 Å². The summed E-state index contributed by atoms with van der Waals surface area (Å²) in [6, 6.07) is 4.95. The zero-order chi connectivity index (χ0) is 23.8. The van der Waals surface area contributed by atoms with Crippen LogP contribution in [0.1, 0.15) is 32.6 Å². The summed E-state index contributed by atoms with van der Waals surface area (Å²) in [5, 5.41) is 11.9. The summed E-state index contributed by atoms with van der Waals surface area (Å²) in [5.74, 6) is -5.71. The Morgan fingerprint density at radius 2 is 1.94 bits per heavy atom. The molecule has 0 bridgehead atoms. The standard InChI is InChI=1S/C22H22F3NO5S/c1-5-30-19(27)18(24)22(25,29)17-8-12(11-32-17)15-10-26(20(28)31-21(2,3)4)16-9-13(23)6-7-14(15)16/h6-11,18,29H,5H2,1-4H3. The maximum Gasteiger partial charge on any atom is 0.419 e. The summed E-state index contributed by atoms with van der Waals surface area (Å²) in [6.45, 7) is 6.30. The lowest BCUT2D eigenvalue weighted by atomic mass is 10.1. The number of hydrogen-bond acceptors (Lipinski definition) is 6. The van der Waals surface area contributed by atoms with Crippen molar-refractivity contribution in [3.63, 3.8) is 0 Å². The number of aromatic nitrogens is 1. The summed E-state index contributed by atoms with van der Waals surface area (Å²) in [4.78, 5) is 23.7. The van der Waals surface area contributed by atoms with Crippen molar-refractivity contribution in [1.82, 2.24) is 4.57 Å². The van der Waals surface area contributed by atoms with Gasteiger partial charge in [-0.1, -0.05) is 0 Å². The quantitative estimate of drug-likeness (QED) is 0.513. The molecule has 0 radical (unpaired) electrons. The monoisotopic (exact) mass is 469 g/mol. The van der Waals surface area contributed by atoms with Gasteiger partial charge in [0.25, 0.3) is 12.0 Å².